The van der Waals surface area contributed by atoms with E-state index in [0.717, 1.165) is 17.7 Å². The summed E-state index contributed by atoms with van der Waals surface area (Å²) < 4.78 is 13.8. The van der Waals surface area contributed by atoms with Crippen molar-refractivity contribution >= 4 is 17.2 Å². The van der Waals surface area contributed by atoms with Gasteiger partial charge in [-0.3, -0.25) is 4.90 Å². The first kappa shape index (κ1) is 15.6. The molecule has 1 atom stereocenters. The van der Waals surface area contributed by atoms with Gasteiger partial charge in [0.25, 0.3) is 0 Å². The van der Waals surface area contributed by atoms with Gasteiger partial charge in [-0.1, -0.05) is 54.7 Å². The Kier molecular flexibility index (Phi) is 5.04. The lowest BCUT2D eigenvalue weighted by molar-refractivity contribution is 0.248. The van der Waals surface area contributed by atoms with E-state index in [1.807, 2.05) is 50.4 Å². The lowest BCUT2D eigenvalue weighted by Gasteiger charge is -2.25. The number of nitrogens with two attached hydrogens (primary N) is 1. The van der Waals surface area contributed by atoms with Crippen molar-refractivity contribution in [1.82, 2.24) is 4.90 Å². The third kappa shape index (κ3) is 3.86. The lowest BCUT2D eigenvalue weighted by Crippen LogP contribution is -2.22. The van der Waals surface area contributed by atoms with E-state index in [9.17, 15) is 4.39 Å². The first-order valence-electron chi connectivity index (χ1n) is 6.82. The Morgan fingerprint density at radius 3 is 2.38 bits per heavy atom. The van der Waals surface area contributed by atoms with Gasteiger partial charge in [0.05, 0.1) is 0 Å². The van der Waals surface area contributed by atoms with Crippen molar-refractivity contribution in [3.8, 4) is 0 Å². The quantitative estimate of drug-likeness (QED) is 0.855. The molecule has 0 aliphatic heterocycles. The lowest BCUT2D eigenvalue weighted by atomic mass is 10.1. The SMILES string of the molecule is CC(c1ccccc1F)N(C)Cc1ccc(C(N)=S)cc1. The molecular weight excluding hydrogens is 283 g/mol. The summed E-state index contributed by atoms with van der Waals surface area (Å²) in [5.74, 6) is -0.166. The van der Waals surface area contributed by atoms with Crippen LogP contribution in [-0.2, 0) is 6.54 Å². The zero-order valence-corrected chi connectivity index (χ0v) is 13.0. The summed E-state index contributed by atoms with van der Waals surface area (Å²) in [6.45, 7) is 2.73. The Morgan fingerprint density at radius 1 is 1.19 bits per heavy atom. The Labute approximate surface area is 130 Å². The summed E-state index contributed by atoms with van der Waals surface area (Å²) in [6.07, 6.45) is 0. The van der Waals surface area contributed by atoms with Crippen molar-refractivity contribution in [2.45, 2.75) is 19.5 Å². The summed E-state index contributed by atoms with van der Waals surface area (Å²) in [6, 6.07) is 14.7. The van der Waals surface area contributed by atoms with Crippen LogP contribution in [0.4, 0.5) is 4.39 Å². The predicted octanol–water partition coefficient (Wildman–Crippen LogP) is 3.65. The maximum Gasteiger partial charge on any atom is 0.127 e. The summed E-state index contributed by atoms with van der Waals surface area (Å²) in [7, 11) is 1.98. The van der Waals surface area contributed by atoms with Gasteiger partial charge in [-0.05, 0) is 25.6 Å². The van der Waals surface area contributed by atoms with Crippen molar-refractivity contribution < 1.29 is 4.39 Å². The first-order valence-corrected chi connectivity index (χ1v) is 7.23. The largest absolute Gasteiger partial charge is 0.389 e. The monoisotopic (exact) mass is 302 g/mol. The van der Waals surface area contributed by atoms with Crippen LogP contribution < -0.4 is 5.73 Å². The molecule has 1 unspecified atom stereocenters. The van der Waals surface area contributed by atoms with Crippen LogP contribution in [0.3, 0.4) is 0 Å². The molecule has 0 heterocycles. The zero-order valence-electron chi connectivity index (χ0n) is 12.2. The summed E-state index contributed by atoms with van der Waals surface area (Å²) in [4.78, 5) is 2.50. The fraction of sp³-hybridized carbons (Fsp3) is 0.235. The van der Waals surface area contributed by atoms with Gasteiger partial charge in [0, 0.05) is 23.7 Å². The Balaban J connectivity index is 2.08. The molecule has 110 valence electrons. The van der Waals surface area contributed by atoms with Gasteiger partial charge in [0.15, 0.2) is 0 Å². The average Bonchev–Trinajstić information content (AvgIpc) is 2.47. The van der Waals surface area contributed by atoms with Crippen molar-refractivity contribution in [3.05, 3.63) is 71.0 Å². The number of hydrogen-bond donors (Lipinski definition) is 1. The molecule has 21 heavy (non-hydrogen) atoms. The van der Waals surface area contributed by atoms with Crippen LogP contribution in [0.1, 0.15) is 29.7 Å². The normalized spacial score (nSPS) is 12.4. The molecule has 0 saturated carbocycles. The summed E-state index contributed by atoms with van der Waals surface area (Å²) >= 11 is 4.94. The van der Waals surface area contributed by atoms with E-state index in [-0.39, 0.29) is 11.9 Å². The highest BCUT2D eigenvalue weighted by molar-refractivity contribution is 7.80. The smallest absolute Gasteiger partial charge is 0.127 e. The number of hydrogen-bond acceptors (Lipinski definition) is 2. The van der Waals surface area contributed by atoms with Crippen LogP contribution in [0.25, 0.3) is 0 Å². The summed E-state index contributed by atoms with van der Waals surface area (Å²) in [5.41, 5.74) is 8.29. The molecular formula is C17H19FN2S. The second kappa shape index (κ2) is 6.78. The van der Waals surface area contributed by atoms with Gasteiger partial charge in [-0.15, -0.1) is 0 Å². The minimum absolute atomic E-state index is 0.00135. The maximum atomic E-state index is 13.8. The van der Waals surface area contributed by atoms with E-state index >= 15 is 0 Å². The molecule has 4 heteroatoms. The molecule has 0 aliphatic carbocycles. The fourth-order valence-corrected chi connectivity index (χ4v) is 2.39. The second-order valence-electron chi connectivity index (χ2n) is 5.17. The van der Waals surface area contributed by atoms with Crippen LogP contribution in [0.15, 0.2) is 48.5 Å². The molecule has 0 fully saturated rings. The highest BCUT2D eigenvalue weighted by atomic mass is 32.1. The van der Waals surface area contributed by atoms with E-state index in [2.05, 4.69) is 4.90 Å². The van der Waals surface area contributed by atoms with Gasteiger partial charge in [-0.25, -0.2) is 4.39 Å². The van der Waals surface area contributed by atoms with E-state index in [4.69, 9.17) is 18.0 Å². The molecule has 2 aromatic carbocycles. The molecule has 0 spiro atoms. The van der Waals surface area contributed by atoms with Gasteiger partial charge in [-0.2, -0.15) is 0 Å². The van der Waals surface area contributed by atoms with Gasteiger partial charge < -0.3 is 5.73 Å². The van der Waals surface area contributed by atoms with Crippen molar-refractivity contribution in [1.29, 1.82) is 0 Å². The van der Waals surface area contributed by atoms with Crippen LogP contribution in [0, 0.1) is 5.82 Å². The minimum Gasteiger partial charge on any atom is -0.389 e. The highest BCUT2D eigenvalue weighted by Crippen LogP contribution is 2.23. The Morgan fingerprint density at radius 2 is 1.81 bits per heavy atom. The Hall–Kier alpha value is -1.78. The van der Waals surface area contributed by atoms with E-state index in [0.29, 0.717) is 10.6 Å². The molecule has 0 aromatic heterocycles. The molecule has 2 N–H and O–H groups in total. The predicted molar refractivity (Wildman–Crippen MR) is 88.6 cm³/mol. The number of halogens is 1. The number of nitrogens with zero attached hydrogens (tertiary/aromatic N) is 1. The fourth-order valence-electron chi connectivity index (χ4n) is 2.25. The Bertz CT molecular complexity index is 625. The van der Waals surface area contributed by atoms with Crippen LogP contribution in [0.2, 0.25) is 0 Å². The average molecular weight is 302 g/mol. The van der Waals surface area contributed by atoms with Crippen molar-refractivity contribution in [3.63, 3.8) is 0 Å². The zero-order chi connectivity index (χ0) is 15.4. The van der Waals surface area contributed by atoms with Crippen LogP contribution in [-0.4, -0.2) is 16.9 Å². The van der Waals surface area contributed by atoms with E-state index < -0.39 is 0 Å². The van der Waals surface area contributed by atoms with Crippen molar-refractivity contribution in [2.75, 3.05) is 7.05 Å². The van der Waals surface area contributed by atoms with Gasteiger partial charge in [0.1, 0.15) is 10.8 Å². The molecule has 0 radical (unpaired) electrons. The molecule has 2 nitrogen and oxygen atoms in total. The van der Waals surface area contributed by atoms with Gasteiger partial charge in [0.2, 0.25) is 0 Å². The van der Waals surface area contributed by atoms with Gasteiger partial charge >= 0.3 is 0 Å². The van der Waals surface area contributed by atoms with E-state index in [1.54, 1.807) is 6.07 Å². The highest BCUT2D eigenvalue weighted by Gasteiger charge is 2.15. The standard InChI is InChI=1S/C17H19FN2S/c1-12(15-5-3-4-6-16(15)18)20(2)11-13-7-9-14(10-8-13)17(19)21/h3-10,12H,11H2,1-2H3,(H2,19,21). The molecule has 0 bridgehead atoms. The second-order valence-corrected chi connectivity index (χ2v) is 5.61. The number of benzene rings is 2. The number of thiocarbonyl (C=S) groups is 1. The summed E-state index contributed by atoms with van der Waals surface area (Å²) in [5, 5.41) is 0. The third-order valence-electron chi connectivity index (χ3n) is 3.69. The van der Waals surface area contributed by atoms with E-state index in [1.165, 1.54) is 6.07 Å². The molecule has 0 saturated heterocycles. The van der Waals surface area contributed by atoms with Crippen molar-refractivity contribution in [2.24, 2.45) is 5.73 Å². The third-order valence-corrected chi connectivity index (χ3v) is 3.92. The molecule has 0 amide bonds. The van der Waals surface area contributed by atoms with Crippen LogP contribution in [0.5, 0.6) is 0 Å². The maximum absolute atomic E-state index is 13.8. The molecule has 2 aromatic rings. The number of rotatable bonds is 5. The van der Waals surface area contributed by atoms with Crippen LogP contribution >= 0.6 is 12.2 Å². The molecule has 2 rings (SSSR count). The topological polar surface area (TPSA) is 29.3 Å². The minimum atomic E-state index is -0.166. The molecule has 0 aliphatic rings. The first-order chi connectivity index (χ1) is 9.99.